The van der Waals surface area contributed by atoms with Gasteiger partial charge in [-0.05, 0) is 37.1 Å². The second-order valence-corrected chi connectivity index (χ2v) is 4.59. The third-order valence-corrected chi connectivity index (χ3v) is 2.98. The van der Waals surface area contributed by atoms with Crippen LogP contribution in [0.5, 0.6) is 11.5 Å². The summed E-state index contributed by atoms with van der Waals surface area (Å²) in [5, 5.41) is 20.2. The predicted octanol–water partition coefficient (Wildman–Crippen LogP) is 3.70. The molecule has 0 aliphatic rings. The molecular weight excluding hydrogens is 274 g/mol. The Labute approximate surface area is 120 Å². The summed E-state index contributed by atoms with van der Waals surface area (Å²) in [7, 11) is 0. The molecule has 0 heterocycles. The molecule has 0 atom stereocenters. The summed E-state index contributed by atoms with van der Waals surface area (Å²) in [6.45, 7) is 3.63. The maximum absolute atomic E-state index is 11.2. The summed E-state index contributed by atoms with van der Waals surface area (Å²) < 4.78 is 5.55. The molecule has 0 amide bonds. The fourth-order valence-electron chi connectivity index (χ4n) is 1.87. The summed E-state index contributed by atoms with van der Waals surface area (Å²) in [4.78, 5) is 21.6. The van der Waals surface area contributed by atoms with Crippen LogP contribution in [0.4, 0.5) is 5.69 Å². The van der Waals surface area contributed by atoms with E-state index in [-0.39, 0.29) is 17.0 Å². The van der Waals surface area contributed by atoms with Gasteiger partial charge in [-0.1, -0.05) is 18.2 Å². The van der Waals surface area contributed by atoms with Crippen LogP contribution in [0.1, 0.15) is 21.5 Å². The largest absolute Gasteiger partial charge is 0.478 e. The first-order valence-electron chi connectivity index (χ1n) is 6.16. The lowest BCUT2D eigenvalue weighted by Crippen LogP contribution is -2.03. The average Bonchev–Trinajstić information content (AvgIpc) is 2.42. The van der Waals surface area contributed by atoms with Crippen LogP contribution in [0, 0.1) is 24.0 Å². The fraction of sp³-hybridized carbons (Fsp3) is 0.133. The first kappa shape index (κ1) is 14.5. The second-order valence-electron chi connectivity index (χ2n) is 4.59. The van der Waals surface area contributed by atoms with Crippen molar-refractivity contribution in [2.75, 3.05) is 0 Å². The van der Waals surface area contributed by atoms with E-state index in [2.05, 4.69) is 0 Å². The van der Waals surface area contributed by atoms with Crippen LogP contribution >= 0.6 is 0 Å². The highest BCUT2D eigenvalue weighted by Crippen LogP contribution is 2.36. The number of benzene rings is 2. The number of hydrogen-bond acceptors (Lipinski definition) is 4. The molecule has 0 saturated carbocycles. The van der Waals surface area contributed by atoms with Crippen LogP contribution in [0.2, 0.25) is 0 Å². The van der Waals surface area contributed by atoms with Gasteiger partial charge in [-0.2, -0.15) is 0 Å². The summed E-state index contributed by atoms with van der Waals surface area (Å²) in [6.07, 6.45) is 0. The molecule has 1 N–H and O–H groups in total. The first-order valence-corrected chi connectivity index (χ1v) is 6.16. The van der Waals surface area contributed by atoms with Crippen LogP contribution in [0.15, 0.2) is 36.4 Å². The lowest BCUT2D eigenvalue weighted by Gasteiger charge is -2.11. The van der Waals surface area contributed by atoms with Crippen molar-refractivity contribution in [3.8, 4) is 11.5 Å². The van der Waals surface area contributed by atoms with Crippen LogP contribution in [-0.4, -0.2) is 16.0 Å². The molecular formula is C15H13NO5. The number of ether oxygens (including phenoxy) is 1. The number of para-hydroxylation sites is 1. The van der Waals surface area contributed by atoms with Gasteiger partial charge in [-0.3, -0.25) is 10.1 Å². The summed E-state index contributed by atoms with van der Waals surface area (Å²) in [6, 6.07) is 9.19. The summed E-state index contributed by atoms with van der Waals surface area (Å²) in [5.74, 6) is -1.14. The number of carboxylic acid groups (broad SMARTS) is 1. The lowest BCUT2D eigenvalue weighted by atomic mass is 10.1. The number of aryl methyl sites for hydroxylation is 2. The third-order valence-electron chi connectivity index (χ3n) is 2.98. The molecule has 0 aromatic heterocycles. The van der Waals surface area contributed by atoms with Crippen molar-refractivity contribution in [1.29, 1.82) is 0 Å². The minimum absolute atomic E-state index is 0.245. The van der Waals surface area contributed by atoms with Gasteiger partial charge in [0, 0.05) is 6.07 Å². The third kappa shape index (κ3) is 3.00. The molecule has 0 saturated heterocycles. The summed E-state index contributed by atoms with van der Waals surface area (Å²) >= 11 is 0. The van der Waals surface area contributed by atoms with Crippen molar-refractivity contribution in [1.82, 2.24) is 0 Å². The number of nitrogens with zero attached hydrogens (tertiary/aromatic N) is 1. The molecule has 108 valence electrons. The van der Waals surface area contributed by atoms with Gasteiger partial charge in [0.2, 0.25) is 5.75 Å². The van der Waals surface area contributed by atoms with Crippen LogP contribution < -0.4 is 4.74 Å². The Kier molecular flexibility index (Phi) is 3.89. The zero-order valence-electron chi connectivity index (χ0n) is 11.5. The maximum Gasteiger partial charge on any atom is 0.339 e. The molecule has 0 radical (unpaired) electrons. The zero-order valence-corrected chi connectivity index (χ0v) is 11.5. The number of rotatable bonds is 4. The maximum atomic E-state index is 11.2. The van der Waals surface area contributed by atoms with Gasteiger partial charge in [0.25, 0.3) is 0 Å². The quantitative estimate of drug-likeness (QED) is 0.684. The minimum atomic E-state index is -1.28. The fourth-order valence-corrected chi connectivity index (χ4v) is 1.87. The minimum Gasteiger partial charge on any atom is -0.478 e. The van der Waals surface area contributed by atoms with E-state index in [1.807, 2.05) is 13.0 Å². The van der Waals surface area contributed by atoms with Gasteiger partial charge in [-0.25, -0.2) is 4.79 Å². The number of nitro benzene ring substituents is 1. The van der Waals surface area contributed by atoms with Gasteiger partial charge >= 0.3 is 11.7 Å². The Hall–Kier alpha value is -2.89. The van der Waals surface area contributed by atoms with Crippen molar-refractivity contribution in [2.24, 2.45) is 0 Å². The SMILES string of the molecule is Cc1ccc(C)c(Oc2c(C(=O)O)cccc2[N+](=O)[O-])c1. The molecule has 6 heteroatoms. The Morgan fingerprint density at radius 1 is 1.24 bits per heavy atom. The van der Waals surface area contributed by atoms with E-state index in [9.17, 15) is 20.0 Å². The second kappa shape index (κ2) is 5.62. The van der Waals surface area contributed by atoms with Crippen molar-refractivity contribution in [3.05, 3.63) is 63.2 Å². The molecule has 0 spiro atoms. The number of aromatic carboxylic acids is 1. The highest BCUT2D eigenvalue weighted by molar-refractivity contribution is 5.92. The molecule has 0 aliphatic heterocycles. The van der Waals surface area contributed by atoms with E-state index in [0.717, 1.165) is 11.1 Å². The van der Waals surface area contributed by atoms with Crippen LogP contribution in [-0.2, 0) is 0 Å². The van der Waals surface area contributed by atoms with Crippen molar-refractivity contribution >= 4 is 11.7 Å². The van der Waals surface area contributed by atoms with Gasteiger partial charge in [0.1, 0.15) is 11.3 Å². The number of carboxylic acids is 1. The molecule has 2 aromatic carbocycles. The van der Waals surface area contributed by atoms with Crippen molar-refractivity contribution in [3.63, 3.8) is 0 Å². The zero-order chi connectivity index (χ0) is 15.6. The van der Waals surface area contributed by atoms with E-state index in [0.29, 0.717) is 5.75 Å². The lowest BCUT2D eigenvalue weighted by molar-refractivity contribution is -0.385. The molecule has 0 aliphatic carbocycles. The number of nitro groups is 1. The monoisotopic (exact) mass is 287 g/mol. The molecule has 0 bridgehead atoms. The summed E-state index contributed by atoms with van der Waals surface area (Å²) in [5.41, 5.74) is 1.04. The van der Waals surface area contributed by atoms with Crippen molar-refractivity contribution < 1.29 is 19.6 Å². The van der Waals surface area contributed by atoms with E-state index < -0.39 is 10.9 Å². The Morgan fingerprint density at radius 3 is 2.57 bits per heavy atom. The standard InChI is InChI=1S/C15H13NO5/c1-9-6-7-10(2)13(8-9)21-14-11(15(17)18)4-3-5-12(14)16(19)20/h3-8H,1-2H3,(H,17,18). The number of hydrogen-bond donors (Lipinski definition) is 1. The van der Waals surface area contributed by atoms with Crippen LogP contribution in [0.25, 0.3) is 0 Å². The number of carbonyl (C=O) groups is 1. The Bertz CT molecular complexity index is 692. The normalized spacial score (nSPS) is 10.2. The van der Waals surface area contributed by atoms with Gasteiger partial charge in [0.15, 0.2) is 0 Å². The van der Waals surface area contributed by atoms with Gasteiger partial charge < -0.3 is 9.84 Å². The molecule has 6 nitrogen and oxygen atoms in total. The van der Waals surface area contributed by atoms with Crippen LogP contribution in [0.3, 0.4) is 0 Å². The topological polar surface area (TPSA) is 89.7 Å². The molecule has 0 unspecified atom stereocenters. The Balaban J connectivity index is 2.59. The van der Waals surface area contributed by atoms with Gasteiger partial charge in [0.05, 0.1) is 4.92 Å². The first-order chi connectivity index (χ1) is 9.90. The van der Waals surface area contributed by atoms with Gasteiger partial charge in [-0.15, -0.1) is 0 Å². The smallest absolute Gasteiger partial charge is 0.339 e. The van der Waals surface area contributed by atoms with E-state index in [1.165, 1.54) is 18.2 Å². The highest BCUT2D eigenvalue weighted by atomic mass is 16.6. The molecule has 2 aromatic rings. The van der Waals surface area contributed by atoms with E-state index in [1.54, 1.807) is 19.1 Å². The van der Waals surface area contributed by atoms with Crippen molar-refractivity contribution in [2.45, 2.75) is 13.8 Å². The molecule has 2 rings (SSSR count). The molecule has 0 fully saturated rings. The van der Waals surface area contributed by atoms with E-state index in [4.69, 9.17) is 4.74 Å². The highest BCUT2D eigenvalue weighted by Gasteiger charge is 2.24. The van der Waals surface area contributed by atoms with E-state index >= 15 is 0 Å². The Morgan fingerprint density at radius 2 is 1.95 bits per heavy atom. The molecule has 21 heavy (non-hydrogen) atoms. The average molecular weight is 287 g/mol. The predicted molar refractivity (Wildman–Crippen MR) is 76.0 cm³/mol.